The number of piperidine rings is 1. The van der Waals surface area contributed by atoms with E-state index in [1.165, 1.54) is 12.7 Å². The lowest BCUT2D eigenvalue weighted by molar-refractivity contribution is -0.157. The lowest BCUT2D eigenvalue weighted by Gasteiger charge is -2.34. The van der Waals surface area contributed by atoms with Crippen LogP contribution in [0.15, 0.2) is 40.5 Å². The van der Waals surface area contributed by atoms with Crippen LogP contribution in [0.1, 0.15) is 18.4 Å². The number of nitrogens with zero attached hydrogens (tertiary/aromatic N) is 3. The number of likely N-dealkylation sites (tertiary alicyclic amines) is 1. The monoisotopic (exact) mass is 400 g/mol. The molecule has 7 nitrogen and oxygen atoms in total. The first-order chi connectivity index (χ1) is 13.7. The van der Waals surface area contributed by atoms with E-state index in [9.17, 15) is 4.79 Å². The van der Waals surface area contributed by atoms with E-state index < -0.39 is 6.10 Å². The van der Waals surface area contributed by atoms with Gasteiger partial charge in [0.15, 0.2) is 11.9 Å². The number of benzene rings is 1. The van der Waals surface area contributed by atoms with Crippen LogP contribution in [0, 0.1) is 5.92 Å². The minimum atomic E-state index is -0.460. The molecule has 0 bridgehead atoms. The summed E-state index contributed by atoms with van der Waals surface area (Å²) in [5.41, 5.74) is 2.34. The van der Waals surface area contributed by atoms with Gasteiger partial charge in [0.25, 0.3) is 0 Å². The van der Waals surface area contributed by atoms with E-state index >= 15 is 0 Å². The lowest BCUT2D eigenvalue weighted by Crippen LogP contribution is -2.41. The third-order valence-electron chi connectivity index (χ3n) is 5.32. The number of carbonyl (C=O) groups is 1. The Morgan fingerprint density at radius 1 is 1.29 bits per heavy atom. The second-order valence-electron chi connectivity index (χ2n) is 7.06. The third-order valence-corrected chi connectivity index (χ3v) is 6.39. The molecule has 1 aromatic heterocycles. The molecule has 0 amide bonds. The molecule has 1 N–H and O–H groups in total. The second-order valence-corrected chi connectivity index (χ2v) is 8.09. The number of rotatable bonds is 5. The van der Waals surface area contributed by atoms with Crippen molar-refractivity contribution in [2.75, 3.05) is 32.6 Å². The highest BCUT2D eigenvalue weighted by Gasteiger charge is 2.32. The van der Waals surface area contributed by atoms with Gasteiger partial charge in [-0.3, -0.25) is 4.90 Å². The van der Waals surface area contributed by atoms with Crippen molar-refractivity contribution in [3.63, 3.8) is 0 Å². The van der Waals surface area contributed by atoms with E-state index in [0.29, 0.717) is 0 Å². The van der Waals surface area contributed by atoms with Crippen molar-refractivity contribution in [2.45, 2.75) is 35.4 Å². The van der Waals surface area contributed by atoms with Crippen LogP contribution in [-0.4, -0.2) is 54.3 Å². The van der Waals surface area contributed by atoms with Crippen LogP contribution in [0.25, 0.3) is 0 Å². The Labute approximate surface area is 168 Å². The van der Waals surface area contributed by atoms with Gasteiger partial charge in [0.2, 0.25) is 0 Å². The number of methoxy groups -OCH3 is 2. The van der Waals surface area contributed by atoms with Crippen LogP contribution in [-0.2, 0) is 20.8 Å². The fraction of sp³-hybridized carbons (Fsp3) is 0.450. The summed E-state index contributed by atoms with van der Waals surface area (Å²) in [7, 11) is 2.99. The number of fused-ring (bicyclic) bond motifs is 2. The Hall–Kier alpha value is -2.16. The lowest BCUT2D eigenvalue weighted by atomic mass is 9.91. The fourth-order valence-electron chi connectivity index (χ4n) is 3.85. The van der Waals surface area contributed by atoms with Crippen molar-refractivity contribution in [3.05, 3.63) is 36.2 Å². The van der Waals surface area contributed by atoms with Crippen molar-refractivity contribution in [1.29, 1.82) is 0 Å². The normalized spacial score (nSPS) is 17.9. The molecule has 0 spiro atoms. The maximum absolute atomic E-state index is 11.9. The van der Waals surface area contributed by atoms with E-state index in [2.05, 4.69) is 38.4 Å². The molecular formula is C20H24N4O3S. The van der Waals surface area contributed by atoms with Gasteiger partial charge >= 0.3 is 5.97 Å². The van der Waals surface area contributed by atoms with Crippen LogP contribution < -0.4 is 5.32 Å². The molecule has 8 heteroatoms. The Bertz CT molecular complexity index is 855. The highest BCUT2D eigenvalue weighted by Crippen LogP contribution is 2.42. The van der Waals surface area contributed by atoms with E-state index in [4.69, 9.17) is 9.47 Å². The number of esters is 1. The van der Waals surface area contributed by atoms with Crippen LogP contribution >= 0.6 is 11.8 Å². The molecule has 1 fully saturated rings. The quantitative estimate of drug-likeness (QED) is 0.655. The molecule has 2 aliphatic rings. The molecule has 4 rings (SSSR count). The van der Waals surface area contributed by atoms with Gasteiger partial charge in [0.1, 0.15) is 5.03 Å². The highest BCUT2D eigenvalue weighted by molar-refractivity contribution is 7.99. The average Bonchev–Trinajstić information content (AvgIpc) is 2.73. The number of anilines is 2. The summed E-state index contributed by atoms with van der Waals surface area (Å²) in [6.45, 7) is 2.76. The molecule has 2 aliphatic heterocycles. The van der Waals surface area contributed by atoms with Gasteiger partial charge in [-0.1, -0.05) is 17.8 Å². The smallest absolute Gasteiger partial charge is 0.335 e. The standard InChI is InChI=1S/C20H24N4O3S/c1-26-17(20(25)27-2)14-5-9-24(10-6-14)12-13-3-4-16-15(11-13)23-18-19(28-16)22-8-7-21-18/h3-4,7-8,11,14,17H,5-6,9-10,12H2,1-2H3,(H,21,23). The van der Waals surface area contributed by atoms with Crippen LogP contribution in [0.2, 0.25) is 0 Å². The number of carbonyl (C=O) groups excluding carboxylic acids is 1. The van der Waals surface area contributed by atoms with Gasteiger partial charge in [-0.05, 0) is 49.5 Å². The number of hydrogen-bond acceptors (Lipinski definition) is 8. The number of aromatic nitrogens is 2. The van der Waals surface area contributed by atoms with Gasteiger partial charge in [0.05, 0.1) is 12.8 Å². The summed E-state index contributed by atoms with van der Waals surface area (Å²) in [6, 6.07) is 6.51. The predicted octanol–water partition coefficient (Wildman–Crippen LogP) is 3.08. The molecule has 1 atom stereocenters. The number of hydrogen-bond donors (Lipinski definition) is 1. The Kier molecular flexibility index (Phi) is 5.79. The maximum atomic E-state index is 11.9. The van der Waals surface area contributed by atoms with Gasteiger partial charge in [-0.2, -0.15) is 0 Å². The van der Waals surface area contributed by atoms with E-state index in [1.54, 1.807) is 31.3 Å². The second kappa shape index (κ2) is 8.46. The number of nitrogens with one attached hydrogen (secondary N) is 1. The molecule has 148 valence electrons. The van der Waals surface area contributed by atoms with Crippen LogP contribution in [0.3, 0.4) is 0 Å². The SMILES string of the molecule is COC(=O)C(OC)C1CCN(Cc2ccc3c(c2)Nc2nccnc2S3)CC1. The van der Waals surface area contributed by atoms with E-state index in [0.717, 1.165) is 53.9 Å². The molecule has 0 aliphatic carbocycles. The zero-order chi connectivity index (χ0) is 19.5. The van der Waals surface area contributed by atoms with E-state index in [-0.39, 0.29) is 11.9 Å². The molecule has 1 saturated heterocycles. The third kappa shape index (κ3) is 3.99. The number of ether oxygens (including phenoxy) is 2. The molecule has 3 heterocycles. The Morgan fingerprint density at radius 3 is 2.82 bits per heavy atom. The zero-order valence-electron chi connectivity index (χ0n) is 16.1. The van der Waals surface area contributed by atoms with Gasteiger partial charge in [0, 0.05) is 30.9 Å². The van der Waals surface area contributed by atoms with Crippen molar-refractivity contribution >= 4 is 29.2 Å². The van der Waals surface area contributed by atoms with Gasteiger partial charge in [-0.25, -0.2) is 14.8 Å². The predicted molar refractivity (Wildman–Crippen MR) is 107 cm³/mol. The van der Waals surface area contributed by atoms with E-state index in [1.807, 2.05) is 0 Å². The summed E-state index contributed by atoms with van der Waals surface area (Å²) in [4.78, 5) is 24.2. The molecule has 0 radical (unpaired) electrons. The van der Waals surface area contributed by atoms with Gasteiger partial charge in [-0.15, -0.1) is 0 Å². The molecule has 1 aromatic carbocycles. The first-order valence-corrected chi connectivity index (χ1v) is 10.2. The zero-order valence-corrected chi connectivity index (χ0v) is 16.9. The first kappa shape index (κ1) is 19.2. The molecular weight excluding hydrogens is 376 g/mol. The molecule has 0 saturated carbocycles. The fourth-order valence-corrected chi connectivity index (χ4v) is 4.73. The summed E-state index contributed by atoms with van der Waals surface area (Å²) >= 11 is 1.64. The summed E-state index contributed by atoms with van der Waals surface area (Å²) < 4.78 is 10.2. The minimum absolute atomic E-state index is 0.213. The van der Waals surface area contributed by atoms with Gasteiger partial charge < -0.3 is 14.8 Å². The first-order valence-electron chi connectivity index (χ1n) is 9.39. The molecule has 28 heavy (non-hydrogen) atoms. The molecule has 1 unspecified atom stereocenters. The molecule has 2 aromatic rings. The van der Waals surface area contributed by atoms with Crippen LogP contribution in [0.5, 0.6) is 0 Å². The van der Waals surface area contributed by atoms with Crippen molar-refractivity contribution in [1.82, 2.24) is 14.9 Å². The summed E-state index contributed by atoms with van der Waals surface area (Å²) in [5, 5.41) is 4.29. The van der Waals surface area contributed by atoms with Crippen molar-refractivity contribution < 1.29 is 14.3 Å². The minimum Gasteiger partial charge on any atom is -0.467 e. The highest BCUT2D eigenvalue weighted by atomic mass is 32.2. The Balaban J connectivity index is 1.37. The maximum Gasteiger partial charge on any atom is 0.335 e. The van der Waals surface area contributed by atoms with Crippen LogP contribution in [0.4, 0.5) is 11.5 Å². The van der Waals surface area contributed by atoms with Crippen molar-refractivity contribution in [3.8, 4) is 0 Å². The summed E-state index contributed by atoms with van der Waals surface area (Å²) in [5.74, 6) is 0.749. The topological polar surface area (TPSA) is 76.6 Å². The van der Waals surface area contributed by atoms with Crippen molar-refractivity contribution in [2.24, 2.45) is 5.92 Å². The average molecular weight is 401 g/mol. The Morgan fingerprint density at radius 2 is 2.07 bits per heavy atom. The largest absolute Gasteiger partial charge is 0.467 e. The summed E-state index contributed by atoms with van der Waals surface area (Å²) in [6.07, 6.45) is 4.81.